The van der Waals surface area contributed by atoms with Crippen molar-refractivity contribution in [1.29, 1.82) is 0 Å². The number of methoxy groups -OCH3 is 1. The van der Waals surface area contributed by atoms with E-state index in [1.807, 2.05) is 6.07 Å². The Bertz CT molecular complexity index is 422. The van der Waals surface area contributed by atoms with E-state index in [0.29, 0.717) is 38.1 Å². The molecular formula is C14H18FNO2. The first kappa shape index (κ1) is 13.0. The number of carbonyl (C=O) groups excluding carboxylic acids is 1. The van der Waals surface area contributed by atoms with E-state index in [-0.39, 0.29) is 17.6 Å². The lowest BCUT2D eigenvalue weighted by Gasteiger charge is -2.16. The van der Waals surface area contributed by atoms with E-state index < -0.39 is 0 Å². The summed E-state index contributed by atoms with van der Waals surface area (Å²) in [7, 11) is 1.62. The maximum Gasteiger partial charge on any atom is 0.223 e. The number of ether oxygens (including phenoxy) is 1. The van der Waals surface area contributed by atoms with Crippen LogP contribution in [-0.4, -0.2) is 37.6 Å². The molecule has 2 rings (SSSR count). The minimum absolute atomic E-state index is 0.147. The second kappa shape index (κ2) is 5.96. The van der Waals surface area contributed by atoms with Crippen molar-refractivity contribution < 1.29 is 13.9 Å². The number of likely N-dealkylation sites (tertiary alicyclic amines) is 1. The van der Waals surface area contributed by atoms with Gasteiger partial charge in [-0.2, -0.15) is 0 Å². The summed E-state index contributed by atoms with van der Waals surface area (Å²) in [4.78, 5) is 13.5. The van der Waals surface area contributed by atoms with E-state index in [2.05, 4.69) is 0 Å². The number of hydrogen-bond donors (Lipinski definition) is 0. The zero-order valence-electron chi connectivity index (χ0n) is 10.6. The summed E-state index contributed by atoms with van der Waals surface area (Å²) in [5.41, 5.74) is 0.698. The maximum atomic E-state index is 13.5. The molecular weight excluding hydrogens is 233 g/mol. The molecule has 1 aliphatic rings. The predicted octanol–water partition coefficient (Wildman–Crippen LogP) is 1.86. The van der Waals surface area contributed by atoms with Gasteiger partial charge in [-0.05, 0) is 24.0 Å². The highest BCUT2D eigenvalue weighted by Gasteiger charge is 2.29. The highest BCUT2D eigenvalue weighted by molar-refractivity contribution is 5.78. The molecule has 1 aromatic rings. The molecule has 0 aromatic heterocycles. The third-order valence-electron chi connectivity index (χ3n) is 3.33. The van der Waals surface area contributed by atoms with Crippen molar-refractivity contribution in [1.82, 2.24) is 4.90 Å². The highest BCUT2D eigenvalue weighted by atomic mass is 19.1. The zero-order chi connectivity index (χ0) is 13.0. The second-order valence-electron chi connectivity index (χ2n) is 4.70. The normalized spacial score (nSPS) is 19.6. The van der Waals surface area contributed by atoms with Gasteiger partial charge in [0.15, 0.2) is 0 Å². The van der Waals surface area contributed by atoms with E-state index in [4.69, 9.17) is 4.74 Å². The van der Waals surface area contributed by atoms with E-state index in [1.54, 1.807) is 24.1 Å². The molecule has 1 unspecified atom stereocenters. The predicted molar refractivity (Wildman–Crippen MR) is 66.7 cm³/mol. The van der Waals surface area contributed by atoms with Crippen LogP contribution in [0.15, 0.2) is 24.3 Å². The molecule has 0 saturated carbocycles. The van der Waals surface area contributed by atoms with Gasteiger partial charge in [-0.25, -0.2) is 4.39 Å². The molecule has 18 heavy (non-hydrogen) atoms. The lowest BCUT2D eigenvalue weighted by atomic mass is 9.98. The standard InChI is InChI=1S/C14H18FNO2/c1-18-7-6-16-10-11(9-14(16)17)8-12-4-2-3-5-13(12)15/h2-5,11H,6-10H2,1H3. The van der Waals surface area contributed by atoms with E-state index >= 15 is 0 Å². The van der Waals surface area contributed by atoms with E-state index in [9.17, 15) is 9.18 Å². The van der Waals surface area contributed by atoms with Gasteiger partial charge in [0.2, 0.25) is 5.91 Å². The van der Waals surface area contributed by atoms with Crippen LogP contribution in [0.4, 0.5) is 4.39 Å². The van der Waals surface area contributed by atoms with Gasteiger partial charge in [-0.15, -0.1) is 0 Å². The lowest BCUT2D eigenvalue weighted by Crippen LogP contribution is -2.28. The second-order valence-corrected chi connectivity index (χ2v) is 4.70. The summed E-state index contributed by atoms with van der Waals surface area (Å²) >= 11 is 0. The molecule has 0 radical (unpaired) electrons. The van der Waals surface area contributed by atoms with Crippen LogP contribution in [0, 0.1) is 11.7 Å². The monoisotopic (exact) mass is 251 g/mol. The highest BCUT2D eigenvalue weighted by Crippen LogP contribution is 2.22. The molecule has 1 saturated heterocycles. The van der Waals surface area contributed by atoms with Gasteiger partial charge in [0.05, 0.1) is 6.61 Å². The first-order valence-corrected chi connectivity index (χ1v) is 6.21. The molecule has 0 spiro atoms. The van der Waals surface area contributed by atoms with Crippen molar-refractivity contribution in [2.45, 2.75) is 12.8 Å². The van der Waals surface area contributed by atoms with Crippen LogP contribution < -0.4 is 0 Å². The Hall–Kier alpha value is -1.42. The molecule has 1 atom stereocenters. The van der Waals surface area contributed by atoms with Crippen LogP contribution in [0.3, 0.4) is 0 Å². The van der Waals surface area contributed by atoms with E-state index in [0.717, 1.165) is 0 Å². The number of benzene rings is 1. The van der Waals surface area contributed by atoms with Crippen molar-refractivity contribution in [3.63, 3.8) is 0 Å². The molecule has 1 amide bonds. The molecule has 4 heteroatoms. The van der Waals surface area contributed by atoms with Gasteiger partial charge < -0.3 is 9.64 Å². The Labute approximate surface area is 107 Å². The summed E-state index contributed by atoms with van der Waals surface area (Å²) in [6.45, 7) is 1.89. The Kier molecular flexibility index (Phi) is 4.31. The van der Waals surface area contributed by atoms with Crippen molar-refractivity contribution in [2.75, 3.05) is 26.8 Å². The van der Waals surface area contributed by atoms with Crippen LogP contribution >= 0.6 is 0 Å². The molecule has 1 heterocycles. The summed E-state index contributed by atoms with van der Waals surface area (Å²) in [6, 6.07) is 6.77. The smallest absolute Gasteiger partial charge is 0.223 e. The van der Waals surface area contributed by atoms with Crippen molar-refractivity contribution in [3.8, 4) is 0 Å². The molecule has 98 valence electrons. The van der Waals surface area contributed by atoms with Gasteiger partial charge in [0.1, 0.15) is 5.82 Å². The quantitative estimate of drug-likeness (QED) is 0.799. The minimum atomic E-state index is -0.180. The maximum absolute atomic E-state index is 13.5. The molecule has 1 aromatic carbocycles. The molecule has 0 bridgehead atoms. The van der Waals surface area contributed by atoms with Gasteiger partial charge in [0, 0.05) is 26.6 Å². The molecule has 0 N–H and O–H groups in total. The fourth-order valence-electron chi connectivity index (χ4n) is 2.38. The van der Waals surface area contributed by atoms with Crippen molar-refractivity contribution >= 4 is 5.91 Å². The fraction of sp³-hybridized carbons (Fsp3) is 0.500. The fourth-order valence-corrected chi connectivity index (χ4v) is 2.38. The lowest BCUT2D eigenvalue weighted by molar-refractivity contribution is -0.128. The first-order chi connectivity index (χ1) is 8.70. The number of halogens is 1. The van der Waals surface area contributed by atoms with Crippen molar-refractivity contribution in [2.24, 2.45) is 5.92 Å². The van der Waals surface area contributed by atoms with Gasteiger partial charge in [0.25, 0.3) is 0 Å². The van der Waals surface area contributed by atoms with E-state index in [1.165, 1.54) is 6.07 Å². The summed E-state index contributed by atoms with van der Waals surface area (Å²) in [5.74, 6) is 0.180. The van der Waals surface area contributed by atoms with Crippen LogP contribution in [0.25, 0.3) is 0 Å². The average molecular weight is 251 g/mol. The Morgan fingerprint density at radius 1 is 1.44 bits per heavy atom. The minimum Gasteiger partial charge on any atom is -0.383 e. The topological polar surface area (TPSA) is 29.5 Å². The van der Waals surface area contributed by atoms with Crippen LogP contribution in [0.1, 0.15) is 12.0 Å². The average Bonchev–Trinajstić information content (AvgIpc) is 2.70. The van der Waals surface area contributed by atoms with Gasteiger partial charge in [-0.1, -0.05) is 18.2 Å². The summed E-state index contributed by atoms with van der Waals surface area (Å²) < 4.78 is 18.5. The largest absolute Gasteiger partial charge is 0.383 e. The number of hydrogen-bond acceptors (Lipinski definition) is 2. The molecule has 1 aliphatic heterocycles. The van der Waals surface area contributed by atoms with Crippen LogP contribution in [0.2, 0.25) is 0 Å². The van der Waals surface area contributed by atoms with Crippen LogP contribution in [0.5, 0.6) is 0 Å². The van der Waals surface area contributed by atoms with Gasteiger partial charge >= 0.3 is 0 Å². The molecule has 3 nitrogen and oxygen atoms in total. The number of amides is 1. The third-order valence-corrected chi connectivity index (χ3v) is 3.33. The molecule has 0 aliphatic carbocycles. The SMILES string of the molecule is COCCN1CC(Cc2ccccc2F)CC1=O. The zero-order valence-corrected chi connectivity index (χ0v) is 10.6. The summed E-state index contributed by atoms with van der Waals surface area (Å²) in [6.07, 6.45) is 1.14. The number of nitrogens with zero attached hydrogens (tertiary/aromatic N) is 1. The Morgan fingerprint density at radius 3 is 2.94 bits per heavy atom. The van der Waals surface area contributed by atoms with Crippen LogP contribution in [-0.2, 0) is 16.0 Å². The van der Waals surface area contributed by atoms with Crippen molar-refractivity contribution in [3.05, 3.63) is 35.6 Å². The third kappa shape index (κ3) is 3.07. The first-order valence-electron chi connectivity index (χ1n) is 6.21. The number of rotatable bonds is 5. The summed E-state index contributed by atoms with van der Waals surface area (Å²) in [5, 5.41) is 0. The van der Waals surface area contributed by atoms with Gasteiger partial charge in [-0.3, -0.25) is 4.79 Å². The Balaban J connectivity index is 1.92. The Morgan fingerprint density at radius 2 is 2.22 bits per heavy atom. The number of carbonyl (C=O) groups is 1. The molecule has 1 fully saturated rings.